The number of ether oxygens (including phenoxy) is 4. The van der Waals surface area contributed by atoms with E-state index in [9.17, 15) is 9.90 Å². The third kappa shape index (κ3) is 7.60. The third-order valence-electron chi connectivity index (χ3n) is 8.03. The van der Waals surface area contributed by atoms with Crippen LogP contribution in [0.3, 0.4) is 0 Å². The van der Waals surface area contributed by atoms with Crippen LogP contribution in [0.4, 0.5) is 0 Å². The maximum absolute atomic E-state index is 11.4. The molecule has 2 saturated carbocycles. The lowest BCUT2D eigenvalue weighted by molar-refractivity contribution is -0.193. The zero-order chi connectivity index (χ0) is 22.9. The maximum Gasteiger partial charge on any atom is 0.158 e. The van der Waals surface area contributed by atoms with Crippen molar-refractivity contribution in [3.8, 4) is 0 Å². The van der Waals surface area contributed by atoms with Crippen LogP contribution in [-0.4, -0.2) is 55.5 Å². The molecule has 0 bridgehead atoms. The average molecular weight is 465 g/mol. The minimum atomic E-state index is -0.530. The summed E-state index contributed by atoms with van der Waals surface area (Å²) in [6, 6.07) is 0. The summed E-state index contributed by atoms with van der Waals surface area (Å²) in [6.45, 7) is 1.51. The minimum Gasteiger partial charge on any atom is -0.393 e. The van der Waals surface area contributed by atoms with Gasteiger partial charge in [-0.1, -0.05) is 44.3 Å². The fourth-order valence-electron chi connectivity index (χ4n) is 6.15. The van der Waals surface area contributed by atoms with E-state index in [1.807, 2.05) is 0 Å². The van der Waals surface area contributed by atoms with Crippen LogP contribution < -0.4 is 0 Å². The van der Waals surface area contributed by atoms with Crippen LogP contribution in [0.1, 0.15) is 89.9 Å². The van der Waals surface area contributed by atoms with Gasteiger partial charge in [0.2, 0.25) is 0 Å². The molecular weight excluding hydrogens is 420 g/mol. The Morgan fingerprint density at radius 2 is 1.61 bits per heavy atom. The Kier molecular flexibility index (Phi) is 10.2. The fourth-order valence-corrected chi connectivity index (χ4v) is 6.15. The lowest BCUT2D eigenvalue weighted by atomic mass is 9.84. The topological polar surface area (TPSA) is 74.2 Å². The number of hydrogen-bond donors (Lipinski definition) is 1. The maximum atomic E-state index is 11.4. The van der Waals surface area contributed by atoms with Crippen molar-refractivity contribution in [3.05, 3.63) is 12.2 Å². The number of hydrogen-bond acceptors (Lipinski definition) is 6. The van der Waals surface area contributed by atoms with E-state index in [-0.39, 0.29) is 36.6 Å². The molecule has 0 aromatic carbocycles. The second-order valence-electron chi connectivity index (χ2n) is 10.5. The molecular formula is C27H44O6. The molecule has 6 nitrogen and oxygen atoms in total. The number of carbonyl (C=O) groups is 1. The molecule has 0 aromatic rings. The van der Waals surface area contributed by atoms with Gasteiger partial charge in [0.05, 0.1) is 18.3 Å². The van der Waals surface area contributed by atoms with Crippen LogP contribution in [0.5, 0.6) is 0 Å². The summed E-state index contributed by atoms with van der Waals surface area (Å²) in [5, 5.41) is 10.7. The van der Waals surface area contributed by atoms with Crippen molar-refractivity contribution < 1.29 is 28.8 Å². The van der Waals surface area contributed by atoms with E-state index in [2.05, 4.69) is 12.2 Å². The van der Waals surface area contributed by atoms with E-state index in [1.165, 1.54) is 32.1 Å². The van der Waals surface area contributed by atoms with Crippen molar-refractivity contribution in [1.82, 2.24) is 0 Å². The van der Waals surface area contributed by atoms with E-state index in [4.69, 9.17) is 18.9 Å². The molecule has 0 aromatic heterocycles. The summed E-state index contributed by atoms with van der Waals surface area (Å²) in [6.07, 6.45) is 19.0. The first kappa shape index (κ1) is 25.3. The smallest absolute Gasteiger partial charge is 0.158 e. The number of aliphatic hydroxyl groups excluding tert-OH is 1. The Hall–Kier alpha value is -0.790. The van der Waals surface area contributed by atoms with Crippen molar-refractivity contribution in [3.63, 3.8) is 0 Å². The van der Waals surface area contributed by atoms with Gasteiger partial charge in [0, 0.05) is 37.9 Å². The first-order valence-corrected chi connectivity index (χ1v) is 13.6. The van der Waals surface area contributed by atoms with Crippen molar-refractivity contribution in [2.24, 2.45) is 17.8 Å². The first-order valence-electron chi connectivity index (χ1n) is 13.6. The summed E-state index contributed by atoms with van der Waals surface area (Å²) >= 11 is 0. The highest BCUT2D eigenvalue weighted by Crippen LogP contribution is 2.39. The number of carbonyl (C=O) groups excluding carboxylic acids is 1. The van der Waals surface area contributed by atoms with Gasteiger partial charge >= 0.3 is 0 Å². The molecule has 2 saturated heterocycles. The van der Waals surface area contributed by atoms with Crippen molar-refractivity contribution in [1.29, 1.82) is 0 Å². The van der Waals surface area contributed by atoms with Gasteiger partial charge in [0.25, 0.3) is 0 Å². The Labute approximate surface area is 199 Å². The van der Waals surface area contributed by atoms with Gasteiger partial charge in [-0.25, -0.2) is 0 Å². The van der Waals surface area contributed by atoms with Gasteiger partial charge in [-0.15, -0.1) is 0 Å². The van der Waals surface area contributed by atoms with E-state index < -0.39 is 6.10 Å². The Morgan fingerprint density at radius 1 is 0.909 bits per heavy atom. The third-order valence-corrected chi connectivity index (χ3v) is 8.03. The molecule has 2 aliphatic carbocycles. The molecule has 4 fully saturated rings. The zero-order valence-corrected chi connectivity index (χ0v) is 20.2. The highest BCUT2D eigenvalue weighted by molar-refractivity contribution is 5.50. The van der Waals surface area contributed by atoms with E-state index in [0.29, 0.717) is 18.8 Å². The molecule has 7 unspecified atom stereocenters. The standard InChI is InChI=1S/C27H44O6/c28-15-14-22-23(25(19-24(22)29)33-27-11-5-7-17-31-27)13-12-21(18-20-8-2-1-3-9-20)32-26-10-4-6-16-30-26/h12-13,15,20-27,29H,1-11,14,16-19H2. The van der Waals surface area contributed by atoms with Crippen molar-refractivity contribution in [2.45, 2.75) is 121 Å². The zero-order valence-electron chi connectivity index (χ0n) is 20.2. The van der Waals surface area contributed by atoms with Crippen molar-refractivity contribution >= 4 is 6.29 Å². The summed E-state index contributed by atoms with van der Waals surface area (Å²) in [7, 11) is 0. The quantitative estimate of drug-likeness (QED) is 0.365. The average Bonchev–Trinajstić information content (AvgIpc) is 3.13. The van der Waals surface area contributed by atoms with E-state index in [0.717, 1.165) is 64.4 Å². The highest BCUT2D eigenvalue weighted by atomic mass is 16.7. The predicted molar refractivity (Wildman–Crippen MR) is 126 cm³/mol. The SMILES string of the molecule is O=CCC1C(O)CC(OC2CCCCO2)C1C=CC(CC1CCCCC1)OC1CCCCO1. The molecule has 0 radical (unpaired) electrons. The van der Waals surface area contributed by atoms with E-state index in [1.54, 1.807) is 0 Å². The molecule has 0 amide bonds. The predicted octanol–water partition coefficient (Wildman–Crippen LogP) is 4.92. The summed E-state index contributed by atoms with van der Waals surface area (Å²) < 4.78 is 24.5. The Morgan fingerprint density at radius 3 is 2.27 bits per heavy atom. The largest absolute Gasteiger partial charge is 0.393 e. The number of rotatable bonds is 10. The lowest BCUT2D eigenvalue weighted by Crippen LogP contribution is -2.31. The minimum absolute atomic E-state index is 0.00240. The molecule has 4 aliphatic rings. The van der Waals surface area contributed by atoms with Crippen LogP contribution in [0.25, 0.3) is 0 Å². The van der Waals surface area contributed by atoms with Crippen LogP contribution >= 0.6 is 0 Å². The van der Waals surface area contributed by atoms with Crippen LogP contribution in [0.15, 0.2) is 12.2 Å². The normalized spacial score (nSPS) is 37.4. The molecule has 33 heavy (non-hydrogen) atoms. The molecule has 2 aliphatic heterocycles. The molecule has 2 heterocycles. The molecule has 1 N–H and O–H groups in total. The molecule has 6 heteroatoms. The van der Waals surface area contributed by atoms with Gasteiger partial charge in [-0.2, -0.15) is 0 Å². The second-order valence-corrected chi connectivity index (χ2v) is 10.5. The lowest BCUT2D eigenvalue weighted by Gasteiger charge is -2.31. The van der Waals surface area contributed by atoms with Crippen LogP contribution in [-0.2, 0) is 23.7 Å². The summed E-state index contributed by atoms with van der Waals surface area (Å²) in [4.78, 5) is 11.4. The first-order chi connectivity index (χ1) is 16.2. The van der Waals surface area contributed by atoms with Gasteiger partial charge < -0.3 is 28.8 Å². The Balaban J connectivity index is 1.44. The molecule has 7 atom stereocenters. The number of aliphatic hydroxyl groups is 1. The van der Waals surface area contributed by atoms with Gasteiger partial charge in [-0.05, 0) is 50.9 Å². The van der Waals surface area contributed by atoms with Crippen LogP contribution in [0, 0.1) is 17.8 Å². The van der Waals surface area contributed by atoms with Gasteiger partial charge in [0.15, 0.2) is 12.6 Å². The molecule has 4 rings (SSSR count). The second kappa shape index (κ2) is 13.3. The monoisotopic (exact) mass is 464 g/mol. The van der Waals surface area contributed by atoms with E-state index >= 15 is 0 Å². The van der Waals surface area contributed by atoms with Gasteiger partial charge in [0.1, 0.15) is 6.29 Å². The molecule has 188 valence electrons. The Bertz CT molecular complexity index is 571. The fraction of sp³-hybridized carbons (Fsp3) is 0.889. The summed E-state index contributed by atoms with van der Waals surface area (Å²) in [5.41, 5.74) is 0. The summed E-state index contributed by atoms with van der Waals surface area (Å²) in [5.74, 6) is 0.564. The van der Waals surface area contributed by atoms with Crippen LogP contribution in [0.2, 0.25) is 0 Å². The van der Waals surface area contributed by atoms with Crippen molar-refractivity contribution in [2.75, 3.05) is 13.2 Å². The molecule has 0 spiro atoms. The highest BCUT2D eigenvalue weighted by Gasteiger charge is 2.43. The van der Waals surface area contributed by atoms with Gasteiger partial charge in [-0.3, -0.25) is 0 Å². The number of aldehydes is 1.